The Bertz CT molecular complexity index is 711. The zero-order valence-electron chi connectivity index (χ0n) is 12.6. The maximum atomic E-state index is 5.64. The van der Waals surface area contributed by atoms with Gasteiger partial charge in [-0.3, -0.25) is 0 Å². The lowest BCUT2D eigenvalue weighted by atomic mass is 10.3. The molecular formula is C14H17N5O2S. The molecule has 22 heavy (non-hydrogen) atoms. The van der Waals surface area contributed by atoms with Gasteiger partial charge in [0.2, 0.25) is 5.88 Å². The molecule has 0 bridgehead atoms. The second-order valence-corrected chi connectivity index (χ2v) is 4.71. The van der Waals surface area contributed by atoms with Crippen LogP contribution in [0.15, 0.2) is 34.5 Å². The number of nitrogens with two attached hydrogens (primary N) is 1. The highest BCUT2D eigenvalue weighted by Crippen LogP contribution is 2.34. The van der Waals surface area contributed by atoms with Crippen LogP contribution >= 0.6 is 12.2 Å². The second kappa shape index (κ2) is 6.99. The normalized spacial score (nSPS) is 10.9. The molecule has 0 fully saturated rings. The summed E-state index contributed by atoms with van der Waals surface area (Å²) in [5, 5.41) is 12.7. The quantitative estimate of drug-likeness (QED) is 0.676. The Kier molecular flexibility index (Phi) is 5.05. The number of para-hydroxylation sites is 1. The van der Waals surface area contributed by atoms with Crippen LogP contribution in [0.3, 0.4) is 0 Å². The maximum absolute atomic E-state index is 5.64. The van der Waals surface area contributed by atoms with Crippen LogP contribution in [0.2, 0.25) is 0 Å². The Balaban J connectivity index is 2.44. The van der Waals surface area contributed by atoms with Gasteiger partial charge in [0.15, 0.2) is 10.8 Å². The van der Waals surface area contributed by atoms with Crippen LogP contribution < -0.4 is 15.2 Å². The van der Waals surface area contributed by atoms with Crippen molar-refractivity contribution >= 4 is 28.7 Å². The Labute approximate surface area is 133 Å². The van der Waals surface area contributed by atoms with Crippen molar-refractivity contribution in [1.82, 2.24) is 9.78 Å². The Morgan fingerprint density at radius 1 is 1.36 bits per heavy atom. The Morgan fingerprint density at radius 3 is 2.73 bits per heavy atom. The molecule has 0 saturated heterocycles. The molecule has 0 aliphatic heterocycles. The number of hydrogen-bond donors (Lipinski definition) is 1. The molecule has 7 nitrogen and oxygen atoms in total. The highest BCUT2D eigenvalue weighted by molar-refractivity contribution is 7.80. The molecule has 0 aliphatic rings. The molecule has 0 spiro atoms. The molecule has 1 heterocycles. The summed E-state index contributed by atoms with van der Waals surface area (Å²) in [4.78, 5) is 0. The van der Waals surface area contributed by atoms with Crippen LogP contribution in [0.5, 0.6) is 11.6 Å². The van der Waals surface area contributed by atoms with Crippen molar-refractivity contribution in [3.63, 3.8) is 0 Å². The van der Waals surface area contributed by atoms with Gasteiger partial charge < -0.3 is 15.2 Å². The zero-order chi connectivity index (χ0) is 16.1. The summed E-state index contributed by atoms with van der Waals surface area (Å²) < 4.78 is 12.1. The van der Waals surface area contributed by atoms with E-state index in [0.717, 1.165) is 0 Å². The minimum absolute atomic E-state index is 0.0882. The number of aryl methyl sites for hydroxylation is 1. The molecule has 0 atom stereocenters. The van der Waals surface area contributed by atoms with Gasteiger partial charge in [-0.05, 0) is 38.2 Å². The molecule has 0 radical (unpaired) electrons. The minimum Gasteiger partial charge on any atom is -0.494 e. The minimum atomic E-state index is 0.0882. The van der Waals surface area contributed by atoms with Gasteiger partial charge >= 0.3 is 0 Å². The van der Waals surface area contributed by atoms with Gasteiger partial charge in [-0.2, -0.15) is 9.78 Å². The Hall–Kier alpha value is -2.48. The first-order chi connectivity index (χ1) is 10.6. The first-order valence-corrected chi connectivity index (χ1v) is 7.06. The average Bonchev–Trinajstić information content (AvgIpc) is 2.82. The van der Waals surface area contributed by atoms with E-state index in [2.05, 4.69) is 15.3 Å². The van der Waals surface area contributed by atoms with Crippen LogP contribution in [0, 0.1) is 6.92 Å². The van der Waals surface area contributed by atoms with Crippen molar-refractivity contribution in [2.75, 3.05) is 13.7 Å². The molecule has 2 aromatic rings. The van der Waals surface area contributed by atoms with Gasteiger partial charge in [0.25, 0.3) is 0 Å². The summed E-state index contributed by atoms with van der Waals surface area (Å²) in [6, 6.07) is 7.32. The van der Waals surface area contributed by atoms with E-state index in [-0.39, 0.29) is 5.11 Å². The highest BCUT2D eigenvalue weighted by Gasteiger charge is 2.18. The van der Waals surface area contributed by atoms with Crippen LogP contribution in [0.4, 0.5) is 11.4 Å². The second-order valence-electron chi connectivity index (χ2n) is 4.29. The van der Waals surface area contributed by atoms with Gasteiger partial charge in [-0.1, -0.05) is 12.1 Å². The third kappa shape index (κ3) is 3.22. The van der Waals surface area contributed by atoms with E-state index in [1.807, 2.05) is 25.1 Å². The smallest absolute Gasteiger partial charge is 0.247 e. The van der Waals surface area contributed by atoms with E-state index >= 15 is 0 Å². The first-order valence-electron chi connectivity index (χ1n) is 6.65. The fraction of sp³-hybridized carbons (Fsp3) is 0.286. The number of thiocarbonyl (C=S) groups is 1. The summed E-state index contributed by atoms with van der Waals surface area (Å²) >= 11 is 4.96. The van der Waals surface area contributed by atoms with E-state index in [0.29, 0.717) is 35.3 Å². The number of rotatable bonds is 5. The molecule has 0 saturated carbocycles. The summed E-state index contributed by atoms with van der Waals surface area (Å²) in [7, 11) is 1.58. The number of azo groups is 1. The Morgan fingerprint density at radius 2 is 2.09 bits per heavy atom. The predicted molar refractivity (Wildman–Crippen MR) is 87.5 cm³/mol. The molecule has 116 valence electrons. The summed E-state index contributed by atoms with van der Waals surface area (Å²) in [5.41, 5.74) is 7.35. The topological polar surface area (TPSA) is 87.0 Å². The van der Waals surface area contributed by atoms with Crippen molar-refractivity contribution < 1.29 is 9.47 Å². The number of aromatic nitrogens is 2. The summed E-state index contributed by atoms with van der Waals surface area (Å²) in [6.07, 6.45) is 0. The number of methoxy groups -OCH3 is 1. The van der Waals surface area contributed by atoms with Crippen LogP contribution in [-0.4, -0.2) is 28.6 Å². The van der Waals surface area contributed by atoms with E-state index in [1.54, 1.807) is 20.1 Å². The molecule has 0 unspecified atom stereocenters. The molecule has 1 aromatic carbocycles. The third-order valence-electron chi connectivity index (χ3n) is 2.82. The summed E-state index contributed by atoms with van der Waals surface area (Å²) in [5.74, 6) is 1.01. The van der Waals surface area contributed by atoms with Crippen LogP contribution in [-0.2, 0) is 0 Å². The largest absolute Gasteiger partial charge is 0.494 e. The summed E-state index contributed by atoms with van der Waals surface area (Å²) in [6.45, 7) is 4.08. The van der Waals surface area contributed by atoms with E-state index in [1.165, 1.54) is 4.68 Å². The van der Waals surface area contributed by atoms with Crippen molar-refractivity contribution in [2.24, 2.45) is 16.0 Å². The SMILES string of the molecule is CCOc1c(N=Nc2ccccc2OC)c(C)nn1C(N)=S. The monoisotopic (exact) mass is 319 g/mol. The standard InChI is InChI=1S/C14H17N5O2S/c1-4-21-13-12(9(2)18-19(13)14(15)22)17-16-10-7-5-6-8-11(10)20-3/h5-8H,4H2,1-3H3,(H2,15,22). The van der Waals surface area contributed by atoms with Gasteiger partial charge in [-0.15, -0.1) is 10.2 Å². The molecular weight excluding hydrogens is 302 g/mol. The molecule has 2 N–H and O–H groups in total. The van der Waals surface area contributed by atoms with Crippen molar-refractivity contribution in [2.45, 2.75) is 13.8 Å². The highest BCUT2D eigenvalue weighted by atomic mass is 32.1. The first kappa shape index (κ1) is 15.9. The number of nitrogens with zero attached hydrogens (tertiary/aromatic N) is 4. The van der Waals surface area contributed by atoms with Gasteiger partial charge in [0.1, 0.15) is 11.4 Å². The van der Waals surface area contributed by atoms with E-state index < -0.39 is 0 Å². The molecule has 8 heteroatoms. The average molecular weight is 319 g/mol. The van der Waals surface area contributed by atoms with Gasteiger partial charge in [-0.25, -0.2) is 0 Å². The van der Waals surface area contributed by atoms with Crippen LogP contribution in [0.1, 0.15) is 12.6 Å². The molecule has 2 rings (SSSR count). The van der Waals surface area contributed by atoms with E-state index in [4.69, 9.17) is 27.4 Å². The number of hydrogen-bond acceptors (Lipinski definition) is 6. The lowest BCUT2D eigenvalue weighted by Crippen LogP contribution is -2.21. The van der Waals surface area contributed by atoms with Gasteiger partial charge in [0, 0.05) is 0 Å². The fourth-order valence-corrected chi connectivity index (χ4v) is 1.97. The van der Waals surface area contributed by atoms with Crippen molar-refractivity contribution in [1.29, 1.82) is 0 Å². The van der Waals surface area contributed by atoms with Crippen molar-refractivity contribution in [3.8, 4) is 11.6 Å². The number of ether oxygens (including phenoxy) is 2. The van der Waals surface area contributed by atoms with Crippen molar-refractivity contribution in [3.05, 3.63) is 30.0 Å². The third-order valence-corrected chi connectivity index (χ3v) is 2.99. The predicted octanol–water partition coefficient (Wildman–Crippen LogP) is 3.11. The fourth-order valence-electron chi connectivity index (χ4n) is 1.84. The molecule has 0 amide bonds. The van der Waals surface area contributed by atoms with E-state index in [9.17, 15) is 0 Å². The zero-order valence-corrected chi connectivity index (χ0v) is 13.4. The lowest BCUT2D eigenvalue weighted by Gasteiger charge is -2.06. The van der Waals surface area contributed by atoms with Gasteiger partial charge in [0.05, 0.1) is 19.4 Å². The maximum Gasteiger partial charge on any atom is 0.247 e. The number of benzene rings is 1. The lowest BCUT2D eigenvalue weighted by molar-refractivity contribution is 0.320. The van der Waals surface area contributed by atoms with Crippen LogP contribution in [0.25, 0.3) is 0 Å². The molecule has 0 aliphatic carbocycles. The molecule has 1 aromatic heterocycles.